The molecule has 0 aliphatic rings. The normalized spacial score (nSPS) is 11.0. The van der Waals surface area contributed by atoms with Crippen LogP contribution in [0, 0.1) is 0 Å². The Morgan fingerprint density at radius 1 is 1.28 bits per heavy atom. The molecule has 0 fully saturated rings. The molecule has 6 heteroatoms. The number of fused-ring (bicyclic) bond motifs is 1. The topological polar surface area (TPSA) is 50.8 Å². The number of pyridine rings is 1. The summed E-state index contributed by atoms with van der Waals surface area (Å²) < 4.78 is 6.09. The molecule has 3 heterocycles. The quantitative estimate of drug-likeness (QED) is 0.794. The fraction of sp³-hybridized carbons (Fsp3) is 0.167. The number of rotatable bonds is 3. The predicted molar refractivity (Wildman–Crippen MR) is 73.4 cm³/mol. The molecule has 0 atom stereocenters. The third-order valence-corrected chi connectivity index (χ3v) is 3.66. The average Bonchev–Trinajstić information content (AvgIpc) is 2.94. The van der Waals surface area contributed by atoms with E-state index in [-0.39, 0.29) is 0 Å². The third kappa shape index (κ3) is 2.07. The van der Waals surface area contributed by atoms with Crippen molar-refractivity contribution in [3.63, 3.8) is 0 Å². The van der Waals surface area contributed by atoms with Crippen LogP contribution < -0.4 is 4.74 Å². The van der Waals surface area contributed by atoms with Crippen LogP contribution in [0.25, 0.3) is 21.9 Å². The van der Waals surface area contributed by atoms with E-state index in [1.165, 1.54) is 11.3 Å². The van der Waals surface area contributed by atoms with Crippen molar-refractivity contribution in [1.29, 1.82) is 0 Å². The summed E-state index contributed by atoms with van der Waals surface area (Å²) in [7, 11) is 0. The summed E-state index contributed by atoms with van der Waals surface area (Å²) >= 11 is 7.40. The number of hydrogen-bond donors (Lipinski definition) is 1. The number of thiophene rings is 1. The molecule has 0 saturated heterocycles. The molecule has 3 rings (SSSR count). The second-order valence-corrected chi connectivity index (χ2v) is 5.36. The number of imidazole rings is 1. The Balaban J connectivity index is 2.05. The van der Waals surface area contributed by atoms with E-state index in [4.69, 9.17) is 16.3 Å². The van der Waals surface area contributed by atoms with Crippen LogP contribution in [0.15, 0.2) is 24.3 Å². The summed E-state index contributed by atoms with van der Waals surface area (Å²) in [6.45, 7) is 2.52. The fourth-order valence-corrected chi connectivity index (χ4v) is 2.65. The molecule has 0 aliphatic heterocycles. The van der Waals surface area contributed by atoms with E-state index in [1.54, 1.807) is 0 Å². The molecule has 0 bridgehead atoms. The van der Waals surface area contributed by atoms with Crippen LogP contribution in [0.4, 0.5) is 0 Å². The van der Waals surface area contributed by atoms with E-state index in [9.17, 15) is 0 Å². The molecule has 0 unspecified atom stereocenters. The van der Waals surface area contributed by atoms with Gasteiger partial charge in [-0.3, -0.25) is 0 Å². The van der Waals surface area contributed by atoms with Crippen LogP contribution in [-0.4, -0.2) is 21.6 Å². The van der Waals surface area contributed by atoms with E-state index in [0.717, 1.165) is 20.6 Å². The lowest BCUT2D eigenvalue weighted by atomic mass is 10.4. The molecule has 92 valence electrons. The maximum atomic E-state index is 5.92. The highest BCUT2D eigenvalue weighted by Gasteiger charge is 2.09. The number of halogens is 1. The van der Waals surface area contributed by atoms with Crippen LogP contribution in [0.3, 0.4) is 0 Å². The number of aromatic nitrogens is 3. The minimum absolute atomic E-state index is 0.590. The monoisotopic (exact) mass is 279 g/mol. The van der Waals surface area contributed by atoms with Crippen molar-refractivity contribution in [1.82, 2.24) is 15.0 Å². The first-order chi connectivity index (χ1) is 8.76. The molecular weight excluding hydrogens is 270 g/mol. The van der Waals surface area contributed by atoms with Crippen LogP contribution in [0.5, 0.6) is 5.88 Å². The zero-order valence-corrected chi connectivity index (χ0v) is 11.2. The van der Waals surface area contributed by atoms with Crippen molar-refractivity contribution in [3.05, 3.63) is 28.6 Å². The minimum atomic E-state index is 0.590. The SMILES string of the molecule is CCOc1ccc2[nH]c(-c3ccc(Cl)s3)nc2n1. The Labute approximate surface area is 113 Å². The van der Waals surface area contributed by atoms with Gasteiger partial charge in [0.05, 0.1) is 21.3 Å². The van der Waals surface area contributed by atoms with Gasteiger partial charge in [0.15, 0.2) is 11.5 Å². The van der Waals surface area contributed by atoms with Crippen molar-refractivity contribution < 1.29 is 4.74 Å². The van der Waals surface area contributed by atoms with Gasteiger partial charge >= 0.3 is 0 Å². The lowest BCUT2D eigenvalue weighted by Crippen LogP contribution is -1.93. The second-order valence-electron chi connectivity index (χ2n) is 3.64. The van der Waals surface area contributed by atoms with Crippen molar-refractivity contribution in [3.8, 4) is 16.6 Å². The summed E-state index contributed by atoms with van der Waals surface area (Å²) in [6.07, 6.45) is 0. The van der Waals surface area contributed by atoms with Crippen molar-refractivity contribution >= 4 is 34.1 Å². The molecule has 0 aromatic carbocycles. The molecule has 4 nitrogen and oxygen atoms in total. The predicted octanol–water partition coefficient (Wildman–Crippen LogP) is 3.74. The van der Waals surface area contributed by atoms with Crippen LogP contribution >= 0.6 is 22.9 Å². The first kappa shape index (κ1) is 11.5. The van der Waals surface area contributed by atoms with Crippen LogP contribution in [0.2, 0.25) is 4.34 Å². The van der Waals surface area contributed by atoms with Gasteiger partial charge in [0.2, 0.25) is 5.88 Å². The van der Waals surface area contributed by atoms with Gasteiger partial charge in [-0.05, 0) is 25.1 Å². The first-order valence-electron chi connectivity index (χ1n) is 5.51. The van der Waals surface area contributed by atoms with Gasteiger partial charge < -0.3 is 9.72 Å². The van der Waals surface area contributed by atoms with Gasteiger partial charge in [-0.2, -0.15) is 4.98 Å². The number of ether oxygens (including phenoxy) is 1. The molecule has 3 aromatic heterocycles. The minimum Gasteiger partial charge on any atom is -0.478 e. The van der Waals surface area contributed by atoms with E-state index < -0.39 is 0 Å². The number of nitrogens with one attached hydrogen (secondary N) is 1. The van der Waals surface area contributed by atoms with E-state index >= 15 is 0 Å². The smallest absolute Gasteiger partial charge is 0.215 e. The van der Waals surface area contributed by atoms with Crippen molar-refractivity contribution in [2.75, 3.05) is 6.61 Å². The fourth-order valence-electron chi connectivity index (χ4n) is 1.66. The van der Waals surface area contributed by atoms with Crippen molar-refractivity contribution in [2.24, 2.45) is 0 Å². The molecule has 0 radical (unpaired) electrons. The Kier molecular flexibility index (Phi) is 2.93. The molecule has 0 amide bonds. The van der Waals surface area contributed by atoms with Gasteiger partial charge in [0.25, 0.3) is 0 Å². The zero-order valence-electron chi connectivity index (χ0n) is 9.61. The summed E-state index contributed by atoms with van der Waals surface area (Å²) in [4.78, 5) is 13.0. The van der Waals surface area contributed by atoms with Crippen molar-refractivity contribution in [2.45, 2.75) is 6.92 Å². The maximum Gasteiger partial charge on any atom is 0.215 e. The first-order valence-corrected chi connectivity index (χ1v) is 6.71. The highest BCUT2D eigenvalue weighted by atomic mass is 35.5. The Morgan fingerprint density at radius 3 is 2.89 bits per heavy atom. The molecule has 0 aliphatic carbocycles. The summed E-state index contributed by atoms with van der Waals surface area (Å²) in [5.41, 5.74) is 1.54. The van der Waals surface area contributed by atoms with Gasteiger partial charge in [-0.1, -0.05) is 11.6 Å². The van der Waals surface area contributed by atoms with Gasteiger partial charge in [-0.25, -0.2) is 4.98 Å². The largest absolute Gasteiger partial charge is 0.478 e. The number of aromatic amines is 1. The van der Waals surface area contributed by atoms with Crippen LogP contribution in [-0.2, 0) is 0 Å². The molecule has 0 saturated carbocycles. The zero-order chi connectivity index (χ0) is 12.5. The maximum absolute atomic E-state index is 5.92. The Bertz CT molecular complexity index is 692. The number of H-pyrrole nitrogens is 1. The standard InChI is InChI=1S/C12H10ClN3OS/c1-2-17-10-6-3-7-11(15-10)16-12(14-7)8-4-5-9(13)18-8/h3-6H,2H2,1H3,(H,14,15,16). The van der Waals surface area contributed by atoms with Gasteiger partial charge in [-0.15, -0.1) is 11.3 Å². The number of hydrogen-bond acceptors (Lipinski definition) is 4. The van der Waals surface area contributed by atoms with E-state index in [1.807, 2.05) is 31.2 Å². The lowest BCUT2D eigenvalue weighted by Gasteiger charge is -1.99. The summed E-state index contributed by atoms with van der Waals surface area (Å²) in [5, 5.41) is 0. The molecule has 3 aromatic rings. The van der Waals surface area contributed by atoms with E-state index in [0.29, 0.717) is 18.1 Å². The highest BCUT2D eigenvalue weighted by Crippen LogP contribution is 2.30. The van der Waals surface area contributed by atoms with Gasteiger partial charge in [0, 0.05) is 6.07 Å². The molecule has 18 heavy (non-hydrogen) atoms. The molecular formula is C12H10ClN3OS. The average molecular weight is 280 g/mol. The number of nitrogens with zero attached hydrogens (tertiary/aromatic N) is 2. The van der Waals surface area contributed by atoms with E-state index in [2.05, 4.69) is 15.0 Å². The second kappa shape index (κ2) is 4.59. The highest BCUT2D eigenvalue weighted by molar-refractivity contribution is 7.19. The van der Waals surface area contributed by atoms with Gasteiger partial charge in [0.1, 0.15) is 0 Å². The molecule has 0 spiro atoms. The Morgan fingerprint density at radius 2 is 2.17 bits per heavy atom. The van der Waals surface area contributed by atoms with Crippen LogP contribution in [0.1, 0.15) is 6.92 Å². The lowest BCUT2D eigenvalue weighted by molar-refractivity contribution is 0.328. The summed E-state index contributed by atoms with van der Waals surface area (Å²) in [6, 6.07) is 7.54. The molecule has 1 N–H and O–H groups in total. The Hall–Kier alpha value is -1.59. The summed E-state index contributed by atoms with van der Waals surface area (Å²) in [5.74, 6) is 1.37. The third-order valence-electron chi connectivity index (χ3n) is 2.42.